The second-order valence-corrected chi connectivity index (χ2v) is 8.59. The maximum absolute atomic E-state index is 12.8. The number of anilines is 1. The highest BCUT2D eigenvalue weighted by atomic mass is 79.9. The largest absolute Gasteiger partial charge is 0.313 e. The summed E-state index contributed by atoms with van der Waals surface area (Å²) in [5.74, 6) is -0.367. The molecule has 26 heavy (non-hydrogen) atoms. The van der Waals surface area contributed by atoms with Gasteiger partial charge in [0.05, 0.1) is 5.56 Å². The van der Waals surface area contributed by atoms with Gasteiger partial charge in [0.2, 0.25) is 0 Å². The summed E-state index contributed by atoms with van der Waals surface area (Å²) in [5, 5.41) is 5.23. The van der Waals surface area contributed by atoms with E-state index in [1.165, 1.54) is 22.6 Å². The Hall–Kier alpha value is -1.70. The van der Waals surface area contributed by atoms with Gasteiger partial charge in [0, 0.05) is 29.0 Å². The molecule has 1 aliphatic carbocycles. The fraction of sp³-hybridized carbons (Fsp3) is 0.368. The number of nitrogens with one attached hydrogen (secondary N) is 2. The number of thiophene rings is 1. The first-order valence-corrected chi connectivity index (χ1v) is 10.3. The van der Waals surface area contributed by atoms with Crippen molar-refractivity contribution >= 4 is 44.1 Å². The van der Waals surface area contributed by atoms with Gasteiger partial charge >= 0.3 is 0 Å². The van der Waals surface area contributed by atoms with Gasteiger partial charge in [-0.1, -0.05) is 22.4 Å². The quantitative estimate of drug-likeness (QED) is 0.557. The summed E-state index contributed by atoms with van der Waals surface area (Å²) < 4.78 is 0.919. The molecular formula is C19H22BrN3O2S. The van der Waals surface area contributed by atoms with Crippen LogP contribution in [0.1, 0.15) is 50.4 Å². The number of amides is 2. The van der Waals surface area contributed by atoms with Crippen molar-refractivity contribution in [2.45, 2.75) is 32.1 Å². The number of carbonyl (C=O) groups is 2. The third-order valence-corrected chi connectivity index (χ3v) is 6.04. The molecule has 1 aromatic carbocycles. The van der Waals surface area contributed by atoms with E-state index >= 15 is 0 Å². The molecule has 1 aromatic heterocycles. The third kappa shape index (κ3) is 4.34. The van der Waals surface area contributed by atoms with Gasteiger partial charge in [-0.05, 0) is 55.5 Å². The zero-order valence-corrected chi connectivity index (χ0v) is 17.3. The molecule has 0 aliphatic heterocycles. The Labute approximate surface area is 165 Å². The van der Waals surface area contributed by atoms with Crippen LogP contribution in [-0.4, -0.2) is 30.9 Å². The van der Waals surface area contributed by atoms with Crippen molar-refractivity contribution in [1.29, 1.82) is 0 Å². The van der Waals surface area contributed by atoms with Gasteiger partial charge < -0.3 is 5.32 Å². The monoisotopic (exact) mass is 435 g/mol. The Morgan fingerprint density at radius 3 is 2.42 bits per heavy atom. The molecule has 0 radical (unpaired) electrons. The Kier molecular flexibility index (Phi) is 6.11. The summed E-state index contributed by atoms with van der Waals surface area (Å²) in [6.45, 7) is 0. The van der Waals surface area contributed by atoms with E-state index in [-0.39, 0.29) is 11.8 Å². The lowest BCUT2D eigenvalue weighted by molar-refractivity contribution is 0.0857. The SMILES string of the molecule is CN(C)NC(=O)c1c(NC(=O)c2ccc(Br)cc2)sc2c1CCCCC2. The predicted molar refractivity (Wildman–Crippen MR) is 109 cm³/mol. The zero-order valence-electron chi connectivity index (χ0n) is 14.9. The van der Waals surface area contributed by atoms with E-state index in [1.807, 2.05) is 12.1 Å². The molecule has 0 saturated heterocycles. The van der Waals surface area contributed by atoms with Crippen LogP contribution in [0.15, 0.2) is 28.7 Å². The minimum absolute atomic E-state index is 0.166. The number of hydrogen-bond acceptors (Lipinski definition) is 4. The first-order chi connectivity index (χ1) is 12.5. The summed E-state index contributed by atoms with van der Waals surface area (Å²) in [7, 11) is 3.56. The first-order valence-electron chi connectivity index (χ1n) is 8.65. The van der Waals surface area contributed by atoms with Crippen molar-refractivity contribution < 1.29 is 9.59 Å². The van der Waals surface area contributed by atoms with Crippen LogP contribution in [0.25, 0.3) is 0 Å². The molecule has 1 aliphatic rings. The minimum Gasteiger partial charge on any atom is -0.313 e. The fourth-order valence-corrected chi connectivity index (χ4v) is 4.65. The standard InChI is InChI=1S/C19H22BrN3O2S/c1-23(2)22-18(25)16-14-6-4-3-5-7-15(14)26-19(16)21-17(24)12-8-10-13(20)11-9-12/h8-11H,3-7H2,1-2H3,(H,21,24)(H,22,25). The number of nitrogens with zero attached hydrogens (tertiary/aromatic N) is 1. The van der Waals surface area contributed by atoms with Crippen LogP contribution in [0.3, 0.4) is 0 Å². The van der Waals surface area contributed by atoms with Crippen molar-refractivity contribution in [2.24, 2.45) is 0 Å². The summed E-state index contributed by atoms with van der Waals surface area (Å²) in [6, 6.07) is 7.19. The van der Waals surface area contributed by atoms with Gasteiger partial charge in [0.15, 0.2) is 0 Å². The van der Waals surface area contributed by atoms with E-state index in [1.54, 1.807) is 31.2 Å². The smallest absolute Gasteiger partial charge is 0.268 e. The van der Waals surface area contributed by atoms with Gasteiger partial charge in [-0.25, -0.2) is 5.01 Å². The summed E-state index contributed by atoms with van der Waals surface area (Å²) in [5.41, 5.74) is 5.10. The van der Waals surface area contributed by atoms with E-state index in [0.29, 0.717) is 16.1 Å². The molecule has 3 rings (SSSR count). The maximum atomic E-state index is 12.8. The van der Waals surface area contributed by atoms with Crippen molar-refractivity contribution in [3.8, 4) is 0 Å². The van der Waals surface area contributed by atoms with Crippen LogP contribution in [0.5, 0.6) is 0 Å². The molecule has 2 N–H and O–H groups in total. The average molecular weight is 436 g/mol. The summed E-state index contributed by atoms with van der Waals surface area (Å²) in [6.07, 6.45) is 5.23. The van der Waals surface area contributed by atoms with E-state index < -0.39 is 0 Å². The topological polar surface area (TPSA) is 61.4 Å². The van der Waals surface area contributed by atoms with Crippen molar-refractivity contribution in [1.82, 2.24) is 10.4 Å². The van der Waals surface area contributed by atoms with Crippen molar-refractivity contribution in [2.75, 3.05) is 19.4 Å². The molecule has 1 heterocycles. The highest BCUT2D eigenvalue weighted by Crippen LogP contribution is 2.37. The Bertz CT molecular complexity index is 815. The van der Waals surface area contributed by atoms with Crippen LogP contribution in [0, 0.1) is 0 Å². The van der Waals surface area contributed by atoms with Crippen LogP contribution in [-0.2, 0) is 12.8 Å². The lowest BCUT2D eigenvalue weighted by Crippen LogP contribution is -2.36. The molecule has 138 valence electrons. The second-order valence-electron chi connectivity index (χ2n) is 6.56. The van der Waals surface area contributed by atoms with Crippen LogP contribution < -0.4 is 10.7 Å². The minimum atomic E-state index is -0.201. The van der Waals surface area contributed by atoms with Gasteiger partial charge in [0.1, 0.15) is 5.00 Å². The van der Waals surface area contributed by atoms with Gasteiger partial charge in [0.25, 0.3) is 11.8 Å². The predicted octanol–water partition coefficient (Wildman–Crippen LogP) is 4.24. The number of rotatable bonds is 4. The van der Waals surface area contributed by atoms with Crippen LogP contribution in [0.2, 0.25) is 0 Å². The van der Waals surface area contributed by atoms with Crippen LogP contribution in [0.4, 0.5) is 5.00 Å². The number of aryl methyl sites for hydroxylation is 1. The fourth-order valence-electron chi connectivity index (χ4n) is 3.11. The molecule has 2 amide bonds. The number of halogens is 1. The van der Waals surface area contributed by atoms with Crippen LogP contribution >= 0.6 is 27.3 Å². The maximum Gasteiger partial charge on any atom is 0.268 e. The number of hydrogen-bond donors (Lipinski definition) is 2. The highest BCUT2D eigenvalue weighted by molar-refractivity contribution is 9.10. The first kappa shape index (κ1) is 19.1. The molecule has 0 bridgehead atoms. The van der Waals surface area contributed by atoms with E-state index in [0.717, 1.165) is 35.7 Å². The molecular weight excluding hydrogens is 414 g/mol. The van der Waals surface area contributed by atoms with E-state index in [9.17, 15) is 9.59 Å². The molecule has 7 heteroatoms. The molecule has 0 fully saturated rings. The Morgan fingerprint density at radius 2 is 1.73 bits per heavy atom. The van der Waals surface area contributed by atoms with E-state index in [4.69, 9.17) is 0 Å². The molecule has 0 unspecified atom stereocenters. The summed E-state index contributed by atoms with van der Waals surface area (Å²) in [4.78, 5) is 26.6. The van der Waals surface area contributed by atoms with Gasteiger partial charge in [-0.3, -0.25) is 15.0 Å². The second kappa shape index (κ2) is 8.33. The van der Waals surface area contributed by atoms with E-state index in [2.05, 4.69) is 26.7 Å². The third-order valence-electron chi connectivity index (χ3n) is 4.31. The number of carbonyl (C=O) groups excluding carboxylic acids is 2. The Morgan fingerprint density at radius 1 is 1.04 bits per heavy atom. The highest BCUT2D eigenvalue weighted by Gasteiger charge is 2.26. The molecule has 0 atom stereocenters. The molecule has 0 saturated carbocycles. The lowest BCUT2D eigenvalue weighted by Gasteiger charge is -2.14. The molecule has 2 aromatic rings. The van der Waals surface area contributed by atoms with Gasteiger partial charge in [-0.15, -0.1) is 11.3 Å². The molecule has 0 spiro atoms. The van der Waals surface area contributed by atoms with Gasteiger partial charge in [-0.2, -0.15) is 0 Å². The number of hydrazine groups is 1. The Balaban J connectivity index is 1.93. The van der Waals surface area contributed by atoms with Crippen molar-refractivity contribution in [3.63, 3.8) is 0 Å². The number of benzene rings is 1. The van der Waals surface area contributed by atoms with Crippen molar-refractivity contribution in [3.05, 3.63) is 50.3 Å². The normalized spacial score (nSPS) is 13.8. The lowest BCUT2D eigenvalue weighted by atomic mass is 10.0. The number of fused-ring (bicyclic) bond motifs is 1. The zero-order chi connectivity index (χ0) is 18.7. The molecule has 5 nitrogen and oxygen atoms in total. The average Bonchev–Trinajstić information content (AvgIpc) is 2.76. The summed E-state index contributed by atoms with van der Waals surface area (Å²) >= 11 is 4.91.